The van der Waals surface area contributed by atoms with Gasteiger partial charge < -0.3 is 24.4 Å². The first kappa shape index (κ1) is 11.5. The monoisotopic (exact) mass is 250 g/mol. The summed E-state index contributed by atoms with van der Waals surface area (Å²) in [4.78, 5) is 2.29. The number of methoxy groups -OCH3 is 1. The summed E-state index contributed by atoms with van der Waals surface area (Å²) in [5.74, 6) is 2.49. The maximum absolute atomic E-state index is 5.78. The fourth-order valence-electron chi connectivity index (χ4n) is 2.44. The third-order valence-corrected chi connectivity index (χ3v) is 3.30. The van der Waals surface area contributed by atoms with Gasteiger partial charge in [0.1, 0.15) is 24.7 Å². The van der Waals surface area contributed by atoms with Crippen molar-refractivity contribution in [3.8, 4) is 17.2 Å². The topological polar surface area (TPSA) is 43.0 Å². The summed E-state index contributed by atoms with van der Waals surface area (Å²) in [5.41, 5.74) is 1.02. The molecule has 0 atom stereocenters. The van der Waals surface area contributed by atoms with E-state index in [1.54, 1.807) is 7.11 Å². The molecule has 1 saturated heterocycles. The molecule has 1 aromatic carbocycles. The number of ether oxygens (including phenoxy) is 3. The van der Waals surface area contributed by atoms with E-state index in [2.05, 4.69) is 10.2 Å². The van der Waals surface area contributed by atoms with Crippen LogP contribution in [0.5, 0.6) is 17.2 Å². The van der Waals surface area contributed by atoms with E-state index in [1.807, 2.05) is 12.1 Å². The third kappa shape index (κ3) is 1.95. The molecule has 0 unspecified atom stereocenters. The largest absolute Gasteiger partial charge is 0.494 e. The average molecular weight is 250 g/mol. The molecule has 0 aliphatic carbocycles. The van der Waals surface area contributed by atoms with Crippen molar-refractivity contribution in [2.75, 3.05) is 51.4 Å². The molecule has 0 aromatic heterocycles. The normalized spacial score (nSPS) is 18.6. The number of anilines is 1. The van der Waals surface area contributed by atoms with Gasteiger partial charge in [-0.25, -0.2) is 0 Å². The fraction of sp³-hybridized carbons (Fsp3) is 0.538. The van der Waals surface area contributed by atoms with Crippen LogP contribution in [0.3, 0.4) is 0 Å². The number of fused-ring (bicyclic) bond motifs is 1. The molecule has 1 N–H and O–H groups in total. The van der Waals surface area contributed by atoms with Gasteiger partial charge in [-0.05, 0) is 12.1 Å². The Morgan fingerprint density at radius 2 is 1.94 bits per heavy atom. The SMILES string of the molecule is COc1ccc2c(c1N1CCNCC1)OCCO2. The van der Waals surface area contributed by atoms with E-state index < -0.39 is 0 Å². The Kier molecular flexibility index (Phi) is 3.15. The van der Waals surface area contributed by atoms with Crippen molar-refractivity contribution in [2.24, 2.45) is 0 Å². The zero-order chi connectivity index (χ0) is 12.4. The smallest absolute Gasteiger partial charge is 0.188 e. The Morgan fingerprint density at radius 1 is 1.17 bits per heavy atom. The molecular weight excluding hydrogens is 232 g/mol. The van der Waals surface area contributed by atoms with Crippen LogP contribution in [0, 0.1) is 0 Å². The summed E-state index contributed by atoms with van der Waals surface area (Å²) in [5, 5.41) is 3.35. The summed E-state index contributed by atoms with van der Waals surface area (Å²) in [6.07, 6.45) is 0. The Hall–Kier alpha value is -1.62. The molecule has 3 rings (SSSR count). The van der Waals surface area contributed by atoms with Gasteiger partial charge in [0, 0.05) is 26.2 Å². The van der Waals surface area contributed by atoms with E-state index >= 15 is 0 Å². The number of nitrogens with one attached hydrogen (secondary N) is 1. The van der Waals surface area contributed by atoms with E-state index in [0.717, 1.165) is 49.1 Å². The molecule has 1 aromatic rings. The van der Waals surface area contributed by atoms with Gasteiger partial charge in [0.15, 0.2) is 11.5 Å². The number of benzene rings is 1. The van der Waals surface area contributed by atoms with Crippen LogP contribution >= 0.6 is 0 Å². The molecule has 2 heterocycles. The highest BCUT2D eigenvalue weighted by atomic mass is 16.6. The number of hydrogen-bond acceptors (Lipinski definition) is 5. The predicted molar refractivity (Wildman–Crippen MR) is 69.1 cm³/mol. The second-order valence-corrected chi connectivity index (χ2v) is 4.38. The first-order valence-electron chi connectivity index (χ1n) is 6.32. The minimum atomic E-state index is 0.596. The minimum Gasteiger partial charge on any atom is -0.494 e. The van der Waals surface area contributed by atoms with Crippen molar-refractivity contribution in [2.45, 2.75) is 0 Å². The van der Waals surface area contributed by atoms with Crippen LogP contribution in [0.4, 0.5) is 5.69 Å². The standard InChI is InChI=1S/C13H18N2O3/c1-16-10-2-3-11-13(18-9-8-17-11)12(10)15-6-4-14-5-7-15/h2-3,14H,4-9H2,1H3. The van der Waals surface area contributed by atoms with Gasteiger partial charge >= 0.3 is 0 Å². The van der Waals surface area contributed by atoms with Gasteiger partial charge in [-0.3, -0.25) is 0 Å². The molecule has 0 bridgehead atoms. The zero-order valence-electron chi connectivity index (χ0n) is 10.6. The van der Waals surface area contributed by atoms with Crippen molar-refractivity contribution in [3.63, 3.8) is 0 Å². The van der Waals surface area contributed by atoms with Crippen LogP contribution in [-0.4, -0.2) is 46.5 Å². The molecule has 2 aliphatic heterocycles. The molecule has 0 amide bonds. The van der Waals surface area contributed by atoms with Crippen molar-refractivity contribution in [3.05, 3.63) is 12.1 Å². The van der Waals surface area contributed by atoms with Crippen LogP contribution in [0.25, 0.3) is 0 Å². The quantitative estimate of drug-likeness (QED) is 0.844. The molecule has 0 spiro atoms. The van der Waals surface area contributed by atoms with Gasteiger partial charge in [0.25, 0.3) is 0 Å². The molecule has 5 nitrogen and oxygen atoms in total. The highest BCUT2D eigenvalue weighted by Crippen LogP contribution is 2.45. The van der Waals surface area contributed by atoms with Crippen LogP contribution in [0.1, 0.15) is 0 Å². The van der Waals surface area contributed by atoms with Crippen molar-refractivity contribution < 1.29 is 14.2 Å². The fourth-order valence-corrected chi connectivity index (χ4v) is 2.44. The van der Waals surface area contributed by atoms with Crippen molar-refractivity contribution in [1.29, 1.82) is 0 Å². The summed E-state index contributed by atoms with van der Waals surface area (Å²) in [6.45, 7) is 5.08. The molecule has 2 aliphatic rings. The molecule has 98 valence electrons. The van der Waals surface area contributed by atoms with Gasteiger partial charge in [-0.1, -0.05) is 0 Å². The Bertz CT molecular complexity index is 430. The highest BCUT2D eigenvalue weighted by molar-refractivity contribution is 5.73. The molecular formula is C13H18N2O3. The lowest BCUT2D eigenvalue weighted by Crippen LogP contribution is -2.44. The number of rotatable bonds is 2. The lowest BCUT2D eigenvalue weighted by atomic mass is 10.2. The zero-order valence-corrected chi connectivity index (χ0v) is 10.6. The van der Waals surface area contributed by atoms with Gasteiger partial charge in [0.05, 0.1) is 7.11 Å². The number of nitrogens with zero attached hydrogens (tertiary/aromatic N) is 1. The van der Waals surface area contributed by atoms with Gasteiger partial charge in [-0.2, -0.15) is 0 Å². The van der Waals surface area contributed by atoms with E-state index in [9.17, 15) is 0 Å². The van der Waals surface area contributed by atoms with Crippen LogP contribution in [-0.2, 0) is 0 Å². The maximum Gasteiger partial charge on any atom is 0.188 e. The third-order valence-electron chi connectivity index (χ3n) is 3.30. The molecule has 0 radical (unpaired) electrons. The average Bonchev–Trinajstić information content (AvgIpc) is 2.47. The van der Waals surface area contributed by atoms with E-state index in [0.29, 0.717) is 13.2 Å². The predicted octanol–water partition coefficient (Wildman–Crippen LogP) is 0.876. The summed E-state index contributed by atoms with van der Waals surface area (Å²) >= 11 is 0. The van der Waals surface area contributed by atoms with Crippen LogP contribution in [0.15, 0.2) is 12.1 Å². The Morgan fingerprint density at radius 3 is 2.72 bits per heavy atom. The maximum atomic E-state index is 5.78. The molecule has 1 fully saturated rings. The second-order valence-electron chi connectivity index (χ2n) is 4.38. The van der Waals surface area contributed by atoms with Gasteiger partial charge in [0.2, 0.25) is 0 Å². The van der Waals surface area contributed by atoms with Crippen LogP contribution in [0.2, 0.25) is 0 Å². The van der Waals surface area contributed by atoms with E-state index in [-0.39, 0.29) is 0 Å². The first-order valence-corrected chi connectivity index (χ1v) is 6.32. The Labute approximate surface area is 107 Å². The summed E-state index contributed by atoms with van der Waals surface area (Å²) in [6, 6.07) is 3.86. The van der Waals surface area contributed by atoms with Crippen molar-refractivity contribution >= 4 is 5.69 Å². The van der Waals surface area contributed by atoms with E-state index in [1.165, 1.54) is 0 Å². The molecule has 5 heteroatoms. The van der Waals surface area contributed by atoms with Crippen molar-refractivity contribution in [1.82, 2.24) is 5.32 Å². The van der Waals surface area contributed by atoms with E-state index in [4.69, 9.17) is 14.2 Å². The Balaban J connectivity index is 2.03. The van der Waals surface area contributed by atoms with Crippen LogP contribution < -0.4 is 24.4 Å². The minimum absolute atomic E-state index is 0.596. The molecule has 18 heavy (non-hydrogen) atoms. The lowest BCUT2D eigenvalue weighted by molar-refractivity contribution is 0.171. The molecule has 0 saturated carbocycles. The summed E-state index contributed by atoms with van der Waals surface area (Å²) in [7, 11) is 1.69. The second kappa shape index (κ2) is 4.94. The number of piperazine rings is 1. The number of hydrogen-bond donors (Lipinski definition) is 1. The first-order chi connectivity index (χ1) is 8.90. The highest BCUT2D eigenvalue weighted by Gasteiger charge is 2.25. The summed E-state index contributed by atoms with van der Waals surface area (Å²) < 4.78 is 16.9. The van der Waals surface area contributed by atoms with Gasteiger partial charge in [-0.15, -0.1) is 0 Å². The lowest BCUT2D eigenvalue weighted by Gasteiger charge is -2.33.